The van der Waals surface area contributed by atoms with Gasteiger partial charge in [0.2, 0.25) is 11.8 Å². The van der Waals surface area contributed by atoms with E-state index in [-0.39, 0.29) is 23.9 Å². The van der Waals surface area contributed by atoms with Crippen LogP contribution in [0.5, 0.6) is 0 Å². The Labute approximate surface area is 109 Å². The second kappa shape index (κ2) is 4.44. The highest BCUT2D eigenvalue weighted by Gasteiger charge is 2.45. The van der Waals surface area contributed by atoms with E-state index in [4.69, 9.17) is 0 Å². The van der Waals surface area contributed by atoms with Crippen molar-refractivity contribution in [2.24, 2.45) is 0 Å². The molecule has 0 radical (unpaired) electrons. The molecule has 6 heteroatoms. The lowest BCUT2D eigenvalue weighted by Crippen LogP contribution is -2.39. The maximum Gasteiger partial charge on any atom is 0.247 e. The standard InChI is InChI=1S/C12H15N3O2S/c1-7-10(18-6-14-7)5-13-9-4-11(16)15(12(9)17)8-2-3-8/h6,8-9,13H,2-5H2,1H3. The Morgan fingerprint density at radius 3 is 2.89 bits per heavy atom. The molecule has 2 heterocycles. The lowest BCUT2D eigenvalue weighted by atomic mass is 10.2. The van der Waals surface area contributed by atoms with Gasteiger partial charge in [-0.15, -0.1) is 11.3 Å². The summed E-state index contributed by atoms with van der Waals surface area (Å²) in [5, 5.41) is 3.18. The SMILES string of the molecule is Cc1ncsc1CNC1CC(=O)N(C2CC2)C1=O. The van der Waals surface area contributed by atoms with Crippen LogP contribution in [0.2, 0.25) is 0 Å². The van der Waals surface area contributed by atoms with E-state index in [1.807, 2.05) is 6.92 Å². The van der Waals surface area contributed by atoms with Crippen LogP contribution >= 0.6 is 11.3 Å². The van der Waals surface area contributed by atoms with E-state index in [1.165, 1.54) is 4.90 Å². The Morgan fingerprint density at radius 2 is 2.28 bits per heavy atom. The number of aromatic nitrogens is 1. The molecule has 2 fully saturated rings. The normalized spacial score (nSPS) is 24.1. The van der Waals surface area contributed by atoms with Gasteiger partial charge in [-0.2, -0.15) is 0 Å². The zero-order valence-corrected chi connectivity index (χ0v) is 11.0. The number of thiazole rings is 1. The fraction of sp³-hybridized carbons (Fsp3) is 0.583. The Hall–Kier alpha value is -1.27. The molecule has 3 rings (SSSR count). The van der Waals surface area contributed by atoms with E-state index in [2.05, 4.69) is 10.3 Å². The third kappa shape index (κ3) is 2.06. The number of nitrogens with one attached hydrogen (secondary N) is 1. The van der Waals surface area contributed by atoms with Crippen LogP contribution in [0.1, 0.15) is 29.8 Å². The number of carbonyl (C=O) groups is 2. The molecule has 1 saturated carbocycles. The van der Waals surface area contributed by atoms with Crippen molar-refractivity contribution in [2.45, 2.75) is 44.8 Å². The molecule has 0 spiro atoms. The van der Waals surface area contributed by atoms with Gasteiger partial charge in [0.25, 0.3) is 0 Å². The van der Waals surface area contributed by atoms with Gasteiger partial charge in [-0.3, -0.25) is 14.5 Å². The molecule has 1 N–H and O–H groups in total. The van der Waals surface area contributed by atoms with Crippen LogP contribution in [0, 0.1) is 6.92 Å². The first-order valence-corrected chi connectivity index (χ1v) is 7.03. The number of rotatable bonds is 4. The summed E-state index contributed by atoms with van der Waals surface area (Å²) < 4.78 is 0. The average Bonchev–Trinajstić information content (AvgIpc) is 3.01. The van der Waals surface area contributed by atoms with E-state index in [1.54, 1.807) is 16.8 Å². The second-order valence-electron chi connectivity index (χ2n) is 4.83. The maximum absolute atomic E-state index is 12.1. The van der Waals surface area contributed by atoms with E-state index >= 15 is 0 Å². The molecule has 2 aliphatic rings. The van der Waals surface area contributed by atoms with E-state index in [0.29, 0.717) is 13.0 Å². The maximum atomic E-state index is 12.1. The van der Waals surface area contributed by atoms with Crippen molar-refractivity contribution in [3.05, 3.63) is 16.1 Å². The molecule has 0 bridgehead atoms. The first-order valence-electron chi connectivity index (χ1n) is 6.15. The highest BCUT2D eigenvalue weighted by molar-refractivity contribution is 7.09. The van der Waals surface area contributed by atoms with Crippen LogP contribution in [0.3, 0.4) is 0 Å². The van der Waals surface area contributed by atoms with Crippen LogP contribution in [-0.2, 0) is 16.1 Å². The van der Waals surface area contributed by atoms with Gasteiger partial charge in [0.05, 0.1) is 23.7 Å². The number of imide groups is 1. The molecule has 1 aromatic heterocycles. The van der Waals surface area contributed by atoms with Gasteiger partial charge in [0.1, 0.15) is 0 Å². The molecular weight excluding hydrogens is 250 g/mol. The van der Waals surface area contributed by atoms with Gasteiger partial charge in [-0.25, -0.2) is 4.98 Å². The summed E-state index contributed by atoms with van der Waals surface area (Å²) in [5.41, 5.74) is 2.79. The van der Waals surface area contributed by atoms with Crippen molar-refractivity contribution in [1.82, 2.24) is 15.2 Å². The Balaban J connectivity index is 1.62. The highest BCUT2D eigenvalue weighted by atomic mass is 32.1. The molecule has 1 aromatic rings. The number of amides is 2. The van der Waals surface area contributed by atoms with Gasteiger partial charge < -0.3 is 5.32 Å². The molecule has 1 atom stereocenters. The van der Waals surface area contributed by atoms with Gasteiger partial charge in [-0.05, 0) is 19.8 Å². The van der Waals surface area contributed by atoms with E-state index < -0.39 is 0 Å². The van der Waals surface area contributed by atoms with Gasteiger partial charge in [-0.1, -0.05) is 0 Å². The van der Waals surface area contributed by atoms with Crippen molar-refractivity contribution in [3.8, 4) is 0 Å². The molecule has 1 aliphatic carbocycles. The molecule has 96 valence electrons. The van der Waals surface area contributed by atoms with Crippen LogP contribution in [0.25, 0.3) is 0 Å². The van der Waals surface area contributed by atoms with Crippen LogP contribution in [-0.4, -0.2) is 33.8 Å². The average molecular weight is 265 g/mol. The molecule has 1 unspecified atom stereocenters. The molecule has 1 saturated heterocycles. The minimum absolute atomic E-state index is 0.0268. The summed E-state index contributed by atoms with van der Waals surface area (Å²) >= 11 is 1.57. The fourth-order valence-electron chi connectivity index (χ4n) is 2.24. The third-order valence-corrected chi connectivity index (χ3v) is 4.38. The van der Waals surface area contributed by atoms with Crippen molar-refractivity contribution in [1.29, 1.82) is 0 Å². The van der Waals surface area contributed by atoms with Crippen LogP contribution in [0.4, 0.5) is 0 Å². The summed E-state index contributed by atoms with van der Waals surface area (Å²) in [7, 11) is 0. The van der Waals surface area contributed by atoms with Crippen molar-refractivity contribution < 1.29 is 9.59 Å². The minimum atomic E-state index is -0.348. The minimum Gasteiger partial charge on any atom is -0.300 e. The van der Waals surface area contributed by atoms with Crippen molar-refractivity contribution >= 4 is 23.2 Å². The molecule has 1 aliphatic heterocycles. The number of hydrogen-bond donors (Lipinski definition) is 1. The number of nitrogens with zero attached hydrogens (tertiary/aromatic N) is 2. The number of carbonyl (C=O) groups excluding carboxylic acids is 2. The van der Waals surface area contributed by atoms with Gasteiger partial charge in [0.15, 0.2) is 0 Å². The smallest absolute Gasteiger partial charge is 0.247 e. The van der Waals surface area contributed by atoms with E-state index in [9.17, 15) is 9.59 Å². The summed E-state index contributed by atoms with van der Waals surface area (Å²) in [6.07, 6.45) is 2.24. The van der Waals surface area contributed by atoms with Crippen LogP contribution in [0.15, 0.2) is 5.51 Å². The molecule has 0 aromatic carbocycles. The van der Waals surface area contributed by atoms with Crippen molar-refractivity contribution in [3.63, 3.8) is 0 Å². The summed E-state index contributed by atoms with van der Waals surface area (Å²) in [6.45, 7) is 2.56. The monoisotopic (exact) mass is 265 g/mol. The van der Waals surface area contributed by atoms with Gasteiger partial charge in [0, 0.05) is 17.5 Å². The zero-order chi connectivity index (χ0) is 12.7. The molecule has 2 amide bonds. The third-order valence-electron chi connectivity index (χ3n) is 3.45. The topological polar surface area (TPSA) is 62.3 Å². The lowest BCUT2D eigenvalue weighted by molar-refractivity contribution is -0.139. The molecule has 5 nitrogen and oxygen atoms in total. The lowest BCUT2D eigenvalue weighted by Gasteiger charge is -2.14. The molecule has 18 heavy (non-hydrogen) atoms. The molecular formula is C12H15N3O2S. The predicted molar refractivity (Wildman–Crippen MR) is 67.0 cm³/mol. The van der Waals surface area contributed by atoms with Crippen molar-refractivity contribution in [2.75, 3.05) is 0 Å². The largest absolute Gasteiger partial charge is 0.300 e. The summed E-state index contributed by atoms with van der Waals surface area (Å²) in [4.78, 5) is 30.6. The number of aryl methyl sites for hydroxylation is 1. The Morgan fingerprint density at radius 1 is 1.50 bits per heavy atom. The number of likely N-dealkylation sites (tertiary alicyclic amines) is 1. The van der Waals surface area contributed by atoms with Gasteiger partial charge >= 0.3 is 0 Å². The Kier molecular flexibility index (Phi) is 2.91. The summed E-state index contributed by atoms with van der Waals surface area (Å²) in [6, 6.07) is -0.165. The first kappa shape index (κ1) is 11.8. The number of hydrogen-bond acceptors (Lipinski definition) is 5. The quantitative estimate of drug-likeness (QED) is 0.819. The zero-order valence-electron chi connectivity index (χ0n) is 10.2. The highest BCUT2D eigenvalue weighted by Crippen LogP contribution is 2.31. The fourth-order valence-corrected chi connectivity index (χ4v) is 2.97. The first-order chi connectivity index (χ1) is 8.66. The van der Waals surface area contributed by atoms with Crippen LogP contribution < -0.4 is 5.32 Å². The Bertz CT molecular complexity index is 495. The second-order valence-corrected chi connectivity index (χ2v) is 5.77. The summed E-state index contributed by atoms with van der Waals surface area (Å²) in [5.74, 6) is -0.0781. The predicted octanol–water partition coefficient (Wildman–Crippen LogP) is 0.831. The van der Waals surface area contributed by atoms with E-state index in [0.717, 1.165) is 23.4 Å².